The van der Waals surface area contributed by atoms with Gasteiger partial charge in [-0.3, -0.25) is 4.79 Å². The van der Waals surface area contributed by atoms with Gasteiger partial charge in [-0.05, 0) is 30.9 Å². The van der Waals surface area contributed by atoms with Crippen LogP contribution in [0.4, 0.5) is 4.79 Å². The van der Waals surface area contributed by atoms with E-state index >= 15 is 0 Å². The fraction of sp³-hybridized carbons (Fsp3) is 0.471. The predicted octanol–water partition coefficient (Wildman–Crippen LogP) is 0.985. The van der Waals surface area contributed by atoms with E-state index in [1.54, 1.807) is 12.1 Å². The van der Waals surface area contributed by atoms with Crippen LogP contribution >= 0.6 is 11.8 Å². The third-order valence-corrected chi connectivity index (χ3v) is 4.12. The molecule has 8 nitrogen and oxygen atoms in total. The fourth-order valence-corrected chi connectivity index (χ4v) is 2.53. The first-order valence-corrected chi connectivity index (χ1v) is 9.42. The number of carbonyl (C=O) groups excluding carboxylic acids is 2. The number of alkyl carbamates (subject to hydrolysis) is 1. The number of aliphatic hydroxyl groups excluding tert-OH is 1. The Kier molecular flexibility index (Phi) is 9.53. The monoisotopic (exact) mass is 384 g/mol. The van der Waals surface area contributed by atoms with E-state index in [0.29, 0.717) is 12.2 Å². The van der Waals surface area contributed by atoms with Gasteiger partial charge >= 0.3 is 12.1 Å². The number of amides is 2. The van der Waals surface area contributed by atoms with E-state index in [1.807, 2.05) is 24.5 Å². The molecule has 144 valence electrons. The van der Waals surface area contributed by atoms with Crippen molar-refractivity contribution < 1.29 is 29.3 Å². The molecule has 0 unspecified atom stereocenters. The largest absolute Gasteiger partial charge is 0.480 e. The Morgan fingerprint density at radius 3 is 2.38 bits per heavy atom. The highest BCUT2D eigenvalue weighted by atomic mass is 32.2. The van der Waals surface area contributed by atoms with Crippen LogP contribution in [0.1, 0.15) is 18.9 Å². The van der Waals surface area contributed by atoms with Crippen molar-refractivity contribution in [1.29, 1.82) is 0 Å². The highest BCUT2D eigenvalue weighted by molar-refractivity contribution is 7.98. The van der Waals surface area contributed by atoms with Crippen LogP contribution in [0, 0.1) is 0 Å². The molecule has 0 aliphatic rings. The maximum Gasteiger partial charge on any atom is 0.408 e. The van der Waals surface area contributed by atoms with Crippen LogP contribution in [-0.2, 0) is 20.9 Å². The van der Waals surface area contributed by atoms with Gasteiger partial charge in [-0.1, -0.05) is 30.3 Å². The van der Waals surface area contributed by atoms with Crippen LogP contribution in [0.2, 0.25) is 0 Å². The molecule has 0 saturated heterocycles. The van der Waals surface area contributed by atoms with Gasteiger partial charge in [0, 0.05) is 0 Å². The smallest absolute Gasteiger partial charge is 0.408 e. The number of hydrogen-bond donors (Lipinski definition) is 4. The van der Waals surface area contributed by atoms with Gasteiger partial charge in [0.2, 0.25) is 5.91 Å². The van der Waals surface area contributed by atoms with Gasteiger partial charge in [0.25, 0.3) is 0 Å². The first kappa shape index (κ1) is 21.8. The Hall–Kier alpha value is -2.26. The topological polar surface area (TPSA) is 125 Å². The number of carboxylic acids is 1. The molecular weight excluding hydrogens is 360 g/mol. The molecule has 0 radical (unpaired) electrons. The predicted molar refractivity (Wildman–Crippen MR) is 97.8 cm³/mol. The van der Waals surface area contributed by atoms with Crippen LogP contribution in [-0.4, -0.2) is 58.4 Å². The second-order valence-electron chi connectivity index (χ2n) is 5.61. The average Bonchev–Trinajstić information content (AvgIpc) is 2.61. The van der Waals surface area contributed by atoms with Crippen LogP contribution < -0.4 is 10.6 Å². The maximum absolute atomic E-state index is 12.3. The summed E-state index contributed by atoms with van der Waals surface area (Å²) in [6.45, 7) is 1.31. The number of rotatable bonds is 10. The second kappa shape index (κ2) is 11.4. The van der Waals surface area contributed by atoms with Crippen molar-refractivity contribution in [3.8, 4) is 0 Å². The molecule has 0 saturated carbocycles. The number of carbonyl (C=O) groups is 3. The number of benzene rings is 1. The molecule has 0 aliphatic heterocycles. The first-order chi connectivity index (χ1) is 12.3. The molecule has 0 aromatic heterocycles. The van der Waals surface area contributed by atoms with Crippen LogP contribution in [0.25, 0.3) is 0 Å². The second-order valence-corrected chi connectivity index (χ2v) is 6.59. The molecule has 0 fully saturated rings. The molecule has 1 rings (SSSR count). The lowest BCUT2D eigenvalue weighted by Crippen LogP contribution is -2.54. The van der Waals surface area contributed by atoms with Crippen LogP contribution in [0.3, 0.4) is 0 Å². The lowest BCUT2D eigenvalue weighted by Gasteiger charge is -2.22. The number of thioether (sulfide) groups is 1. The van der Waals surface area contributed by atoms with Crippen molar-refractivity contribution in [2.45, 2.75) is 38.1 Å². The van der Waals surface area contributed by atoms with Crippen molar-refractivity contribution in [1.82, 2.24) is 10.6 Å². The lowest BCUT2D eigenvalue weighted by atomic mass is 10.1. The van der Waals surface area contributed by atoms with Crippen molar-refractivity contribution >= 4 is 29.7 Å². The Morgan fingerprint density at radius 1 is 1.19 bits per heavy atom. The third kappa shape index (κ3) is 7.75. The van der Waals surface area contributed by atoms with Crippen LogP contribution in [0.5, 0.6) is 0 Å². The highest BCUT2D eigenvalue weighted by Crippen LogP contribution is 2.05. The summed E-state index contributed by atoms with van der Waals surface area (Å²) >= 11 is 1.48. The van der Waals surface area contributed by atoms with Gasteiger partial charge in [0.15, 0.2) is 6.04 Å². The van der Waals surface area contributed by atoms with Gasteiger partial charge in [-0.25, -0.2) is 9.59 Å². The standard InChI is InChI=1S/C17H24N2O6S/c1-11(20)14(16(22)23)19-15(21)13(8-9-26-2)18-17(24)25-10-12-6-4-3-5-7-12/h3-7,11,13-14,20H,8-10H2,1-2H3,(H,18,24)(H,19,21)(H,22,23)/t11-,13+,14-/m0/s1. The van der Waals surface area contributed by atoms with Gasteiger partial charge in [0.1, 0.15) is 12.6 Å². The Bertz CT molecular complexity index is 596. The summed E-state index contributed by atoms with van der Waals surface area (Å²) < 4.78 is 5.09. The van der Waals surface area contributed by atoms with Crippen molar-refractivity contribution in [2.75, 3.05) is 12.0 Å². The molecule has 26 heavy (non-hydrogen) atoms. The summed E-state index contributed by atoms with van der Waals surface area (Å²) in [5.74, 6) is -1.48. The highest BCUT2D eigenvalue weighted by Gasteiger charge is 2.29. The van der Waals surface area contributed by atoms with E-state index in [-0.39, 0.29) is 6.61 Å². The van der Waals surface area contributed by atoms with E-state index in [9.17, 15) is 19.5 Å². The lowest BCUT2D eigenvalue weighted by molar-refractivity contribution is -0.145. The Balaban J connectivity index is 2.65. The van der Waals surface area contributed by atoms with Crippen molar-refractivity contribution in [2.24, 2.45) is 0 Å². The molecule has 0 aliphatic carbocycles. The number of nitrogens with one attached hydrogen (secondary N) is 2. The van der Waals surface area contributed by atoms with Crippen LogP contribution in [0.15, 0.2) is 30.3 Å². The minimum Gasteiger partial charge on any atom is -0.480 e. The zero-order chi connectivity index (χ0) is 19.5. The normalized spacial score (nSPS) is 14.0. The zero-order valence-corrected chi connectivity index (χ0v) is 15.5. The molecule has 1 aromatic carbocycles. The van der Waals surface area contributed by atoms with Gasteiger partial charge in [-0.15, -0.1) is 0 Å². The Labute approximate surface area is 156 Å². The summed E-state index contributed by atoms with van der Waals surface area (Å²) in [5.41, 5.74) is 0.799. The number of hydrogen-bond acceptors (Lipinski definition) is 6. The summed E-state index contributed by atoms with van der Waals surface area (Å²) in [7, 11) is 0. The average molecular weight is 384 g/mol. The summed E-state index contributed by atoms with van der Waals surface area (Å²) in [5, 5.41) is 23.2. The number of aliphatic carboxylic acids is 1. The number of carboxylic acid groups (broad SMARTS) is 1. The van der Waals surface area contributed by atoms with E-state index in [1.165, 1.54) is 18.7 Å². The molecule has 2 amide bonds. The number of aliphatic hydroxyl groups is 1. The van der Waals surface area contributed by atoms with Crippen molar-refractivity contribution in [3.05, 3.63) is 35.9 Å². The molecule has 9 heteroatoms. The Morgan fingerprint density at radius 2 is 1.85 bits per heavy atom. The molecule has 4 N–H and O–H groups in total. The zero-order valence-electron chi connectivity index (χ0n) is 14.7. The molecule has 0 spiro atoms. The van der Waals surface area contributed by atoms with Crippen molar-refractivity contribution in [3.63, 3.8) is 0 Å². The molecule has 0 heterocycles. The van der Waals surface area contributed by atoms with Gasteiger partial charge in [0.05, 0.1) is 6.10 Å². The third-order valence-electron chi connectivity index (χ3n) is 3.48. The molecular formula is C17H24N2O6S. The minimum atomic E-state index is -1.46. The molecule has 3 atom stereocenters. The van der Waals surface area contributed by atoms with E-state index in [4.69, 9.17) is 9.84 Å². The molecule has 1 aromatic rings. The maximum atomic E-state index is 12.3. The first-order valence-electron chi connectivity index (χ1n) is 8.02. The SMILES string of the molecule is CSCC[C@@H](NC(=O)OCc1ccccc1)C(=O)N[C@H](C(=O)O)[C@H](C)O. The van der Waals surface area contributed by atoms with E-state index in [0.717, 1.165) is 5.56 Å². The summed E-state index contributed by atoms with van der Waals surface area (Å²) in [6, 6.07) is 6.64. The minimum absolute atomic E-state index is 0.0506. The molecule has 0 bridgehead atoms. The summed E-state index contributed by atoms with van der Waals surface area (Å²) in [4.78, 5) is 35.4. The number of ether oxygens (including phenoxy) is 1. The van der Waals surface area contributed by atoms with Gasteiger partial charge < -0.3 is 25.6 Å². The van der Waals surface area contributed by atoms with E-state index < -0.39 is 36.2 Å². The fourth-order valence-electron chi connectivity index (χ4n) is 2.05. The van der Waals surface area contributed by atoms with Gasteiger partial charge in [-0.2, -0.15) is 11.8 Å². The van der Waals surface area contributed by atoms with E-state index in [2.05, 4.69) is 10.6 Å². The summed E-state index contributed by atoms with van der Waals surface area (Å²) in [6.07, 6.45) is 0.0831. The quantitative estimate of drug-likeness (QED) is 0.474.